The molecule has 0 bridgehead atoms. The van der Waals surface area contributed by atoms with Gasteiger partial charge in [-0.25, -0.2) is 0 Å². The first-order chi connectivity index (χ1) is 9.26. The fourth-order valence-corrected chi connectivity index (χ4v) is 2.36. The zero-order valence-corrected chi connectivity index (χ0v) is 11.5. The predicted octanol–water partition coefficient (Wildman–Crippen LogP) is 2.22. The van der Waals surface area contributed by atoms with Gasteiger partial charge in [0.15, 0.2) is 5.78 Å². The number of fused-ring (bicyclic) bond motifs is 1. The average Bonchev–Trinajstić information content (AvgIpc) is 2.45. The smallest absolute Gasteiger partial charge is 0.163 e. The highest BCUT2D eigenvalue weighted by Gasteiger charge is 2.19. The van der Waals surface area contributed by atoms with E-state index in [1.54, 1.807) is 0 Å². The Morgan fingerprint density at radius 1 is 1.47 bits per heavy atom. The molecule has 4 heteroatoms. The molecule has 1 aromatic rings. The minimum Gasteiger partial charge on any atom is -0.490 e. The number of carbonyl (C=O) groups is 1. The van der Waals surface area contributed by atoms with Gasteiger partial charge >= 0.3 is 0 Å². The van der Waals surface area contributed by atoms with Gasteiger partial charge in [0.25, 0.3) is 0 Å². The SMILES string of the molecule is CCCN1CCOc2ccc(C(=O)CCCN)cc21. The van der Waals surface area contributed by atoms with E-state index >= 15 is 0 Å². The molecule has 0 amide bonds. The van der Waals surface area contributed by atoms with Crippen molar-refractivity contribution in [3.8, 4) is 5.75 Å². The summed E-state index contributed by atoms with van der Waals surface area (Å²) in [5, 5.41) is 0. The second-order valence-corrected chi connectivity index (χ2v) is 4.83. The third-order valence-electron chi connectivity index (χ3n) is 3.34. The molecule has 0 atom stereocenters. The Morgan fingerprint density at radius 2 is 2.32 bits per heavy atom. The summed E-state index contributed by atoms with van der Waals surface area (Å²) in [6, 6.07) is 5.73. The fourth-order valence-electron chi connectivity index (χ4n) is 2.36. The van der Waals surface area contributed by atoms with Crippen molar-refractivity contribution < 1.29 is 9.53 Å². The maximum Gasteiger partial charge on any atom is 0.163 e. The van der Waals surface area contributed by atoms with Crippen LogP contribution < -0.4 is 15.4 Å². The maximum atomic E-state index is 12.0. The van der Waals surface area contributed by atoms with Gasteiger partial charge < -0.3 is 15.4 Å². The van der Waals surface area contributed by atoms with Gasteiger partial charge in [-0.05, 0) is 37.6 Å². The Balaban J connectivity index is 2.20. The molecule has 2 N–H and O–H groups in total. The van der Waals surface area contributed by atoms with E-state index < -0.39 is 0 Å². The second-order valence-electron chi connectivity index (χ2n) is 4.83. The van der Waals surface area contributed by atoms with Crippen molar-refractivity contribution >= 4 is 11.5 Å². The van der Waals surface area contributed by atoms with E-state index in [4.69, 9.17) is 10.5 Å². The lowest BCUT2D eigenvalue weighted by molar-refractivity contribution is 0.0980. The van der Waals surface area contributed by atoms with Crippen LogP contribution in [0.25, 0.3) is 0 Å². The molecule has 0 fully saturated rings. The van der Waals surface area contributed by atoms with Crippen molar-refractivity contribution in [2.24, 2.45) is 5.73 Å². The predicted molar refractivity (Wildman–Crippen MR) is 77.1 cm³/mol. The van der Waals surface area contributed by atoms with Gasteiger partial charge in [0, 0.05) is 18.5 Å². The zero-order chi connectivity index (χ0) is 13.7. The summed E-state index contributed by atoms with van der Waals surface area (Å²) < 4.78 is 5.64. The van der Waals surface area contributed by atoms with Crippen LogP contribution in [-0.2, 0) is 0 Å². The van der Waals surface area contributed by atoms with Crippen LogP contribution in [0.5, 0.6) is 5.75 Å². The van der Waals surface area contributed by atoms with Gasteiger partial charge in [0.05, 0.1) is 12.2 Å². The molecular weight excluding hydrogens is 240 g/mol. The first kappa shape index (κ1) is 13.9. The maximum absolute atomic E-state index is 12.0. The summed E-state index contributed by atoms with van der Waals surface area (Å²) in [6.45, 7) is 5.32. The molecule has 19 heavy (non-hydrogen) atoms. The molecule has 0 radical (unpaired) electrons. The lowest BCUT2D eigenvalue weighted by Crippen LogP contribution is -2.33. The molecule has 0 saturated heterocycles. The largest absolute Gasteiger partial charge is 0.490 e. The Kier molecular flexibility index (Phi) is 4.80. The summed E-state index contributed by atoms with van der Waals surface area (Å²) in [4.78, 5) is 14.3. The fraction of sp³-hybridized carbons (Fsp3) is 0.533. The summed E-state index contributed by atoms with van der Waals surface area (Å²) in [5.74, 6) is 1.05. The molecule has 0 spiro atoms. The van der Waals surface area contributed by atoms with Gasteiger partial charge in [-0.2, -0.15) is 0 Å². The number of ketones is 1. The number of carbonyl (C=O) groups excluding carboxylic acids is 1. The van der Waals surface area contributed by atoms with Gasteiger partial charge in [-0.3, -0.25) is 4.79 Å². The number of anilines is 1. The van der Waals surface area contributed by atoms with E-state index in [-0.39, 0.29) is 5.78 Å². The normalized spacial score (nSPS) is 13.9. The Labute approximate surface area is 114 Å². The standard InChI is InChI=1S/C15H22N2O2/c1-2-8-17-9-10-19-15-6-5-12(11-13(15)17)14(18)4-3-7-16/h5-6,11H,2-4,7-10,16H2,1H3. The van der Waals surface area contributed by atoms with Crippen molar-refractivity contribution in [3.63, 3.8) is 0 Å². The van der Waals surface area contributed by atoms with Crippen LogP contribution in [0.3, 0.4) is 0 Å². The molecule has 0 unspecified atom stereocenters. The number of benzene rings is 1. The molecule has 1 aliphatic rings. The molecule has 4 nitrogen and oxygen atoms in total. The van der Waals surface area contributed by atoms with Crippen molar-refractivity contribution in [1.29, 1.82) is 0 Å². The molecule has 1 aliphatic heterocycles. The summed E-state index contributed by atoms with van der Waals surface area (Å²) in [6.07, 6.45) is 2.35. The minimum absolute atomic E-state index is 0.162. The number of Topliss-reactive ketones (excluding diaryl/α,β-unsaturated/α-hetero) is 1. The van der Waals surface area contributed by atoms with Crippen LogP contribution in [0, 0.1) is 0 Å². The number of nitrogens with zero attached hydrogens (tertiary/aromatic N) is 1. The number of rotatable bonds is 6. The van der Waals surface area contributed by atoms with Crippen molar-refractivity contribution in [3.05, 3.63) is 23.8 Å². The quantitative estimate of drug-likeness (QED) is 0.799. The van der Waals surface area contributed by atoms with Gasteiger partial charge in [-0.1, -0.05) is 6.92 Å². The molecular formula is C15H22N2O2. The third kappa shape index (κ3) is 3.26. The highest BCUT2D eigenvalue weighted by atomic mass is 16.5. The van der Waals surface area contributed by atoms with Crippen LogP contribution in [0.15, 0.2) is 18.2 Å². The van der Waals surface area contributed by atoms with Crippen LogP contribution in [-0.4, -0.2) is 32.0 Å². The van der Waals surface area contributed by atoms with Crippen molar-refractivity contribution in [1.82, 2.24) is 0 Å². The van der Waals surface area contributed by atoms with E-state index in [2.05, 4.69) is 11.8 Å². The van der Waals surface area contributed by atoms with Gasteiger partial charge in [-0.15, -0.1) is 0 Å². The van der Waals surface area contributed by atoms with Crippen LogP contribution >= 0.6 is 0 Å². The van der Waals surface area contributed by atoms with Crippen molar-refractivity contribution in [2.75, 3.05) is 31.1 Å². The lowest BCUT2D eigenvalue weighted by Gasteiger charge is -2.31. The lowest BCUT2D eigenvalue weighted by atomic mass is 10.0. The highest BCUT2D eigenvalue weighted by Crippen LogP contribution is 2.32. The molecule has 1 aromatic carbocycles. The Bertz CT molecular complexity index is 446. The molecule has 0 aromatic heterocycles. The zero-order valence-electron chi connectivity index (χ0n) is 11.5. The van der Waals surface area contributed by atoms with Crippen molar-refractivity contribution in [2.45, 2.75) is 26.2 Å². The van der Waals surface area contributed by atoms with E-state index in [0.29, 0.717) is 19.6 Å². The molecule has 104 valence electrons. The molecule has 1 heterocycles. The average molecular weight is 262 g/mol. The Hall–Kier alpha value is -1.55. The topological polar surface area (TPSA) is 55.6 Å². The van der Waals surface area contributed by atoms with Crippen LogP contribution in [0.1, 0.15) is 36.5 Å². The summed E-state index contributed by atoms with van der Waals surface area (Å²) in [7, 11) is 0. The molecule has 2 rings (SSSR count). The summed E-state index contributed by atoms with van der Waals surface area (Å²) in [5.41, 5.74) is 7.26. The van der Waals surface area contributed by atoms with Crippen LogP contribution in [0.2, 0.25) is 0 Å². The molecule has 0 aliphatic carbocycles. The minimum atomic E-state index is 0.162. The summed E-state index contributed by atoms with van der Waals surface area (Å²) >= 11 is 0. The monoisotopic (exact) mass is 262 g/mol. The molecule has 0 saturated carbocycles. The van der Waals surface area contributed by atoms with Crippen LogP contribution in [0.4, 0.5) is 5.69 Å². The van der Waals surface area contributed by atoms with E-state index in [9.17, 15) is 4.79 Å². The number of nitrogens with two attached hydrogens (primary N) is 1. The van der Waals surface area contributed by atoms with E-state index in [1.807, 2.05) is 18.2 Å². The number of hydrogen-bond acceptors (Lipinski definition) is 4. The second kappa shape index (κ2) is 6.57. The Morgan fingerprint density at radius 3 is 3.05 bits per heavy atom. The number of ether oxygens (including phenoxy) is 1. The third-order valence-corrected chi connectivity index (χ3v) is 3.34. The van der Waals surface area contributed by atoms with E-state index in [0.717, 1.165) is 42.9 Å². The number of hydrogen-bond donors (Lipinski definition) is 1. The van der Waals surface area contributed by atoms with Gasteiger partial charge in [0.2, 0.25) is 0 Å². The first-order valence-corrected chi connectivity index (χ1v) is 7.01. The van der Waals surface area contributed by atoms with E-state index in [1.165, 1.54) is 0 Å². The first-order valence-electron chi connectivity index (χ1n) is 7.01. The van der Waals surface area contributed by atoms with Gasteiger partial charge in [0.1, 0.15) is 12.4 Å². The highest BCUT2D eigenvalue weighted by molar-refractivity contribution is 5.97.